The molecule has 0 aromatic rings. The number of carbonyl (C=O) groups is 7. The number of esters is 3. The first-order valence-electron chi connectivity index (χ1n) is 23.9. The van der Waals surface area contributed by atoms with Gasteiger partial charge in [-0.05, 0) is 114 Å². The van der Waals surface area contributed by atoms with E-state index in [1.165, 1.54) is 18.7 Å². The van der Waals surface area contributed by atoms with Crippen molar-refractivity contribution < 1.29 is 62.4 Å². The van der Waals surface area contributed by atoms with Crippen LogP contribution >= 0.6 is 0 Å². The summed E-state index contributed by atoms with van der Waals surface area (Å²) in [5.41, 5.74) is 1.44. The smallest absolute Gasteiger partial charge is 0.329 e. The number of methoxy groups -OCH3 is 1. The van der Waals surface area contributed by atoms with Crippen LogP contribution < -0.4 is 0 Å². The van der Waals surface area contributed by atoms with E-state index in [9.17, 15) is 38.7 Å². The molecular formula is C51H75NO13. The summed E-state index contributed by atoms with van der Waals surface area (Å²) in [6.45, 7) is 12.0. The molecule has 3 heterocycles. The molecule has 362 valence electrons. The van der Waals surface area contributed by atoms with Crippen molar-refractivity contribution in [1.29, 1.82) is 0 Å². The van der Waals surface area contributed by atoms with E-state index < -0.39 is 65.8 Å². The maximum Gasteiger partial charge on any atom is 0.329 e. The first-order chi connectivity index (χ1) is 30.8. The summed E-state index contributed by atoms with van der Waals surface area (Å²) in [4.78, 5) is 94.6. The number of cyclic esters (lactones) is 1. The lowest BCUT2D eigenvalue weighted by Crippen LogP contribution is -2.60. The minimum absolute atomic E-state index is 0.0421. The van der Waals surface area contributed by atoms with Gasteiger partial charge in [-0.1, -0.05) is 57.2 Å². The largest absolute Gasteiger partial charge is 0.463 e. The summed E-state index contributed by atoms with van der Waals surface area (Å²) in [5.74, 6) is -7.20. The lowest BCUT2D eigenvalue weighted by Gasteiger charge is -2.42. The van der Waals surface area contributed by atoms with E-state index in [4.69, 9.17) is 23.7 Å². The van der Waals surface area contributed by atoms with Crippen LogP contribution in [-0.4, -0.2) is 107 Å². The fourth-order valence-electron chi connectivity index (χ4n) is 9.58. The van der Waals surface area contributed by atoms with Gasteiger partial charge in [-0.15, -0.1) is 0 Å². The molecule has 1 saturated carbocycles. The molecule has 4 rings (SSSR count). The van der Waals surface area contributed by atoms with Gasteiger partial charge in [0.25, 0.3) is 11.7 Å². The summed E-state index contributed by atoms with van der Waals surface area (Å²) in [5, 5.41) is 11.9. The minimum atomic E-state index is -2.42. The molecule has 1 aliphatic carbocycles. The predicted molar refractivity (Wildman–Crippen MR) is 243 cm³/mol. The number of fused-ring (bicyclic) bond motifs is 3. The number of Topliss-reactive ketones (excluding diaryl/α,β-unsaturated/α-hetero) is 3. The summed E-state index contributed by atoms with van der Waals surface area (Å²) in [6.07, 6.45) is 15.4. The van der Waals surface area contributed by atoms with Crippen LogP contribution in [0.2, 0.25) is 0 Å². The van der Waals surface area contributed by atoms with Crippen LogP contribution in [0.4, 0.5) is 0 Å². The van der Waals surface area contributed by atoms with Crippen LogP contribution in [-0.2, 0) is 57.2 Å². The number of carbonyl (C=O) groups excluding carboxylic acids is 7. The number of amides is 1. The predicted octanol–water partition coefficient (Wildman–Crippen LogP) is 7.58. The molecule has 0 spiro atoms. The van der Waals surface area contributed by atoms with Gasteiger partial charge >= 0.3 is 17.9 Å². The SMILES string of the molecule is CO[C@H]1C[C@@H]2CC[C@@H](C)[C@@](O)(O2)C(=O)C(=O)N2CCCC[C@H]2C(=O)O[C@H](CC[C@H]2CC[C@H](OC(C)=O)CC2)CC(=O)C/C=C(\C)[C@@H](OC(C)=O)CC(=O)[C@H](C)C[C@H](C)/C=C/C=C/C=C/1C. The van der Waals surface area contributed by atoms with E-state index >= 15 is 0 Å². The van der Waals surface area contributed by atoms with Crippen LogP contribution in [0.15, 0.2) is 47.6 Å². The van der Waals surface area contributed by atoms with Crippen LogP contribution in [0.1, 0.15) is 151 Å². The van der Waals surface area contributed by atoms with E-state index in [1.807, 2.05) is 51.2 Å². The summed E-state index contributed by atoms with van der Waals surface area (Å²) in [7, 11) is 1.58. The van der Waals surface area contributed by atoms with Crippen molar-refractivity contribution in [2.24, 2.45) is 23.7 Å². The van der Waals surface area contributed by atoms with Crippen molar-refractivity contribution in [3.63, 3.8) is 0 Å². The number of hydrogen-bond donors (Lipinski definition) is 1. The van der Waals surface area contributed by atoms with Gasteiger partial charge in [0.2, 0.25) is 5.79 Å². The van der Waals surface area contributed by atoms with Crippen LogP contribution in [0.25, 0.3) is 0 Å². The molecule has 4 aliphatic rings. The first kappa shape index (κ1) is 53.3. The zero-order chi connectivity index (χ0) is 47.8. The average molecular weight is 910 g/mol. The third kappa shape index (κ3) is 16.2. The normalized spacial score (nSPS) is 36.2. The molecule has 2 bridgehead atoms. The quantitative estimate of drug-likeness (QED) is 0.119. The Morgan fingerprint density at radius 1 is 0.815 bits per heavy atom. The topological polar surface area (TPSA) is 189 Å². The second kappa shape index (κ2) is 25.6. The van der Waals surface area contributed by atoms with Crippen molar-refractivity contribution in [2.75, 3.05) is 13.7 Å². The summed E-state index contributed by atoms with van der Waals surface area (Å²) in [6, 6.07) is -1.12. The van der Waals surface area contributed by atoms with Crippen molar-refractivity contribution in [1.82, 2.24) is 4.90 Å². The Labute approximate surface area is 385 Å². The Morgan fingerprint density at radius 2 is 1.52 bits per heavy atom. The van der Waals surface area contributed by atoms with Crippen LogP contribution in [0, 0.1) is 23.7 Å². The molecule has 2 saturated heterocycles. The number of allylic oxidation sites excluding steroid dienone is 6. The van der Waals surface area contributed by atoms with Crippen molar-refractivity contribution in [2.45, 2.75) is 194 Å². The third-order valence-corrected chi connectivity index (χ3v) is 13.7. The number of ether oxygens (including phenoxy) is 5. The van der Waals surface area contributed by atoms with Gasteiger partial charge in [0.15, 0.2) is 0 Å². The van der Waals surface area contributed by atoms with E-state index in [0.717, 1.165) is 18.4 Å². The first-order valence-corrected chi connectivity index (χ1v) is 23.9. The molecule has 0 aromatic heterocycles. The van der Waals surface area contributed by atoms with Gasteiger partial charge in [0, 0.05) is 65.0 Å². The molecule has 0 aromatic carbocycles. The highest BCUT2D eigenvalue weighted by Crippen LogP contribution is 2.37. The minimum Gasteiger partial charge on any atom is -0.463 e. The highest BCUT2D eigenvalue weighted by atomic mass is 16.6. The van der Waals surface area contributed by atoms with Gasteiger partial charge in [-0.25, -0.2) is 4.79 Å². The molecule has 14 heteroatoms. The second-order valence-corrected chi connectivity index (χ2v) is 19.1. The van der Waals surface area contributed by atoms with E-state index in [1.54, 1.807) is 27.0 Å². The molecule has 1 amide bonds. The molecule has 0 unspecified atom stereocenters. The van der Waals surface area contributed by atoms with Crippen LogP contribution in [0.3, 0.4) is 0 Å². The molecule has 3 fully saturated rings. The highest BCUT2D eigenvalue weighted by Gasteiger charge is 2.53. The van der Waals surface area contributed by atoms with Gasteiger partial charge < -0.3 is 33.7 Å². The van der Waals surface area contributed by atoms with E-state index in [0.29, 0.717) is 69.8 Å². The second-order valence-electron chi connectivity index (χ2n) is 19.1. The van der Waals surface area contributed by atoms with Gasteiger partial charge in [0.05, 0.1) is 12.2 Å². The average Bonchev–Trinajstić information content (AvgIpc) is 3.26. The Balaban J connectivity index is 1.64. The molecular weight excluding hydrogens is 835 g/mol. The molecule has 1 N–H and O–H groups in total. The zero-order valence-corrected chi connectivity index (χ0v) is 40.1. The Bertz CT molecular complexity index is 1810. The monoisotopic (exact) mass is 910 g/mol. The molecule has 9 atom stereocenters. The summed E-state index contributed by atoms with van der Waals surface area (Å²) >= 11 is 0. The number of rotatable bonds is 6. The number of hydrogen-bond acceptors (Lipinski definition) is 13. The van der Waals surface area contributed by atoms with Crippen molar-refractivity contribution >= 4 is 41.2 Å². The number of piperidine rings is 1. The Morgan fingerprint density at radius 3 is 2.20 bits per heavy atom. The van der Waals surface area contributed by atoms with E-state index in [-0.39, 0.29) is 73.6 Å². The van der Waals surface area contributed by atoms with Crippen molar-refractivity contribution in [3.05, 3.63) is 47.6 Å². The number of ketones is 3. The summed E-state index contributed by atoms with van der Waals surface area (Å²) < 4.78 is 29.1. The molecule has 0 radical (unpaired) electrons. The Kier molecular flexibility index (Phi) is 21.0. The number of nitrogens with zero attached hydrogens (tertiary/aromatic N) is 1. The highest BCUT2D eigenvalue weighted by molar-refractivity contribution is 6.39. The van der Waals surface area contributed by atoms with Crippen molar-refractivity contribution in [3.8, 4) is 0 Å². The van der Waals surface area contributed by atoms with E-state index in [2.05, 4.69) is 0 Å². The standard InChI is InChI=1S/C51H75NO13/c1-32-14-10-9-11-15-33(2)46(61-8)30-43-23-18-36(5)51(60,65-43)48(57)49(58)52-27-13-12-16-44(52)50(59)64-42(26-21-39-19-24-41(25-20-39)62-37(6)53)29-40(55)22-17-34(3)47(63-38(7)54)31-45(56)35(4)28-32/h9-11,14-15,17,32,35-36,39,41-44,46-47,60H,12-13,16,18-31H2,1-8H3/b11-9+,14-10+,33-15+,34-17+/t32-,35-,36-,39-,41-,42-,43+,44+,46+,47+,51-/m1/s1. The van der Waals surface area contributed by atoms with Gasteiger partial charge in [-0.2, -0.15) is 0 Å². The van der Waals surface area contributed by atoms with Crippen LogP contribution in [0.5, 0.6) is 0 Å². The Hall–Kier alpha value is -4.27. The molecule has 14 nitrogen and oxygen atoms in total. The zero-order valence-electron chi connectivity index (χ0n) is 40.1. The lowest BCUT2D eigenvalue weighted by atomic mass is 9.83. The lowest BCUT2D eigenvalue weighted by molar-refractivity contribution is -0.265. The fourth-order valence-corrected chi connectivity index (χ4v) is 9.58. The van der Waals surface area contributed by atoms with Gasteiger partial charge in [-0.3, -0.25) is 28.8 Å². The third-order valence-electron chi connectivity index (χ3n) is 13.7. The maximum atomic E-state index is 14.2. The molecule has 65 heavy (non-hydrogen) atoms. The number of aliphatic hydroxyl groups is 1. The maximum absolute atomic E-state index is 14.2. The molecule has 3 aliphatic heterocycles. The van der Waals surface area contributed by atoms with Gasteiger partial charge in [0.1, 0.15) is 35.9 Å². The fraction of sp³-hybridized carbons (Fsp3) is 0.706.